The van der Waals surface area contributed by atoms with Crippen molar-refractivity contribution in [2.24, 2.45) is 4.99 Å². The number of carbonyl (C=O) groups is 4. The molecule has 45 heavy (non-hydrogen) atoms. The van der Waals surface area contributed by atoms with E-state index in [0.717, 1.165) is 10.6 Å². The number of nitrogens with zero attached hydrogens (tertiary/aromatic N) is 4. The molecule has 2 amide bonds. The number of rotatable bonds is 14. The Morgan fingerprint density at radius 2 is 1.69 bits per heavy atom. The second kappa shape index (κ2) is 17.9. The SMILES string of the molecule is [C-]#[N+]CCOC(=O)NC(=NC[C@]1(CC)O[C@@H](n2ccc(=O)[nH]c2=O)[C@@H](OC)C1OC(=O)CCC(=O)CC)NC(=O)OCC[N+]#[C-]. The maximum atomic E-state index is 12.9. The summed E-state index contributed by atoms with van der Waals surface area (Å²) in [5.74, 6) is -1.38. The summed E-state index contributed by atoms with van der Waals surface area (Å²) in [6, 6.07) is 1.09. The number of amides is 2. The zero-order chi connectivity index (χ0) is 33.4. The van der Waals surface area contributed by atoms with Gasteiger partial charge in [0, 0.05) is 32.2 Å². The number of Topliss-reactive ketones (excluding diaryl/α,β-unsaturated/α-hetero) is 1. The third kappa shape index (κ3) is 10.6. The molecule has 3 N–H and O–H groups in total. The molecule has 0 aliphatic carbocycles. The number of ketones is 1. The Kier molecular flexibility index (Phi) is 14.4. The number of aromatic nitrogens is 2. The molecule has 1 aromatic rings. The second-order valence-corrected chi connectivity index (χ2v) is 9.40. The summed E-state index contributed by atoms with van der Waals surface area (Å²) < 4.78 is 28.5. The molecule has 1 fully saturated rings. The van der Waals surface area contributed by atoms with Crippen molar-refractivity contribution in [2.75, 3.05) is 40.0 Å². The van der Waals surface area contributed by atoms with Crippen LogP contribution in [-0.4, -0.2) is 97.2 Å². The van der Waals surface area contributed by atoms with Crippen molar-refractivity contribution in [1.29, 1.82) is 0 Å². The Labute approximate surface area is 257 Å². The number of methoxy groups -OCH3 is 1. The minimum Gasteiger partial charge on any atom is -0.456 e. The van der Waals surface area contributed by atoms with Crippen molar-refractivity contribution in [3.8, 4) is 0 Å². The van der Waals surface area contributed by atoms with Crippen LogP contribution in [0.3, 0.4) is 0 Å². The summed E-state index contributed by atoms with van der Waals surface area (Å²) in [5.41, 5.74) is -3.05. The molecule has 0 aromatic carbocycles. The van der Waals surface area contributed by atoms with Crippen molar-refractivity contribution in [1.82, 2.24) is 20.2 Å². The van der Waals surface area contributed by atoms with Crippen LogP contribution in [0.15, 0.2) is 26.8 Å². The van der Waals surface area contributed by atoms with E-state index in [2.05, 4.69) is 30.3 Å². The molecular formula is C27H35N7O11. The predicted molar refractivity (Wildman–Crippen MR) is 154 cm³/mol. The van der Waals surface area contributed by atoms with Crippen LogP contribution in [0.25, 0.3) is 9.69 Å². The summed E-state index contributed by atoms with van der Waals surface area (Å²) in [5, 5.41) is 4.45. The van der Waals surface area contributed by atoms with Crippen LogP contribution in [-0.2, 0) is 33.3 Å². The Bertz CT molecular complexity index is 1410. The van der Waals surface area contributed by atoms with E-state index in [4.69, 9.17) is 36.8 Å². The van der Waals surface area contributed by atoms with Crippen LogP contribution in [0.4, 0.5) is 9.59 Å². The normalized spacial score (nSPS) is 20.2. The lowest BCUT2D eigenvalue weighted by atomic mass is 9.92. The summed E-state index contributed by atoms with van der Waals surface area (Å²) >= 11 is 0. The molecule has 1 aliphatic heterocycles. The number of aromatic amines is 1. The zero-order valence-electron chi connectivity index (χ0n) is 25.0. The highest BCUT2D eigenvalue weighted by atomic mass is 16.6. The number of hydrogen-bond donors (Lipinski definition) is 3. The van der Waals surface area contributed by atoms with E-state index >= 15 is 0 Å². The van der Waals surface area contributed by atoms with Gasteiger partial charge < -0.3 is 33.4 Å². The molecular weight excluding hydrogens is 598 g/mol. The van der Waals surface area contributed by atoms with Gasteiger partial charge in [-0.15, -0.1) is 0 Å². The Morgan fingerprint density at radius 3 is 2.20 bits per heavy atom. The number of esters is 1. The molecule has 18 heteroatoms. The summed E-state index contributed by atoms with van der Waals surface area (Å²) in [7, 11) is 1.29. The zero-order valence-corrected chi connectivity index (χ0v) is 25.0. The first-order valence-electron chi connectivity index (χ1n) is 13.9. The first kappa shape index (κ1) is 36.1. The van der Waals surface area contributed by atoms with Gasteiger partial charge in [-0.2, -0.15) is 0 Å². The van der Waals surface area contributed by atoms with E-state index in [1.807, 2.05) is 0 Å². The fourth-order valence-electron chi connectivity index (χ4n) is 4.18. The van der Waals surface area contributed by atoms with Crippen LogP contribution < -0.4 is 21.9 Å². The minimum atomic E-state index is -1.55. The molecule has 0 spiro atoms. The number of H-pyrrole nitrogens is 1. The maximum absolute atomic E-state index is 12.9. The fourth-order valence-corrected chi connectivity index (χ4v) is 4.18. The molecule has 0 radical (unpaired) electrons. The highest BCUT2D eigenvalue weighted by Crippen LogP contribution is 2.42. The lowest BCUT2D eigenvalue weighted by Crippen LogP contribution is -2.50. The van der Waals surface area contributed by atoms with E-state index < -0.39 is 65.9 Å². The number of carbonyl (C=O) groups excluding carboxylic acids is 4. The van der Waals surface area contributed by atoms with Crippen LogP contribution in [0.5, 0.6) is 0 Å². The number of ether oxygens (including phenoxy) is 5. The maximum Gasteiger partial charge on any atom is 0.414 e. The molecule has 4 atom stereocenters. The monoisotopic (exact) mass is 633 g/mol. The van der Waals surface area contributed by atoms with Gasteiger partial charge in [0.2, 0.25) is 19.0 Å². The van der Waals surface area contributed by atoms with E-state index in [9.17, 15) is 28.8 Å². The molecule has 2 rings (SSSR count). The third-order valence-corrected chi connectivity index (χ3v) is 6.53. The van der Waals surface area contributed by atoms with Gasteiger partial charge in [-0.25, -0.2) is 32.5 Å². The largest absolute Gasteiger partial charge is 0.456 e. The topological polar surface area (TPSA) is 214 Å². The quantitative estimate of drug-likeness (QED) is 0.0642. The highest BCUT2D eigenvalue weighted by molar-refractivity contribution is 6.01. The molecule has 0 bridgehead atoms. The van der Waals surface area contributed by atoms with Crippen LogP contribution >= 0.6 is 0 Å². The van der Waals surface area contributed by atoms with E-state index in [1.165, 1.54) is 13.3 Å². The second-order valence-electron chi connectivity index (χ2n) is 9.40. The third-order valence-electron chi connectivity index (χ3n) is 6.53. The highest BCUT2D eigenvalue weighted by Gasteiger charge is 2.58. The molecule has 0 saturated carbocycles. The van der Waals surface area contributed by atoms with Crippen LogP contribution in [0.2, 0.25) is 0 Å². The Morgan fingerprint density at radius 1 is 1.07 bits per heavy atom. The van der Waals surface area contributed by atoms with Gasteiger partial charge in [-0.3, -0.25) is 34.6 Å². The van der Waals surface area contributed by atoms with Gasteiger partial charge in [0.05, 0.1) is 13.0 Å². The van der Waals surface area contributed by atoms with Gasteiger partial charge in [0.1, 0.15) is 17.5 Å². The lowest BCUT2D eigenvalue weighted by Gasteiger charge is -2.32. The molecule has 18 nitrogen and oxygen atoms in total. The summed E-state index contributed by atoms with van der Waals surface area (Å²) in [4.78, 5) is 86.3. The number of guanidine groups is 1. The number of aliphatic imine (C=N–C) groups is 1. The van der Waals surface area contributed by atoms with Crippen molar-refractivity contribution in [2.45, 2.75) is 63.6 Å². The Balaban J connectivity index is 2.50. The van der Waals surface area contributed by atoms with Gasteiger partial charge in [-0.05, 0) is 6.42 Å². The van der Waals surface area contributed by atoms with E-state index in [-0.39, 0.29) is 57.8 Å². The summed E-state index contributed by atoms with van der Waals surface area (Å²) in [6.07, 6.45) is -4.57. The van der Waals surface area contributed by atoms with Crippen molar-refractivity contribution in [3.63, 3.8) is 0 Å². The first-order chi connectivity index (χ1) is 21.5. The van der Waals surface area contributed by atoms with Gasteiger partial charge in [0.15, 0.2) is 25.5 Å². The predicted octanol–water partition coefficient (Wildman–Crippen LogP) is 0.547. The fraction of sp³-hybridized carbons (Fsp3) is 0.593. The molecule has 244 valence electrons. The summed E-state index contributed by atoms with van der Waals surface area (Å²) in [6.45, 7) is 15.8. The average Bonchev–Trinajstić information content (AvgIpc) is 3.31. The first-order valence-corrected chi connectivity index (χ1v) is 13.9. The number of nitrogens with one attached hydrogen (secondary N) is 3. The Hall–Kier alpha value is -5.07. The average molecular weight is 634 g/mol. The molecule has 1 saturated heterocycles. The van der Waals surface area contributed by atoms with Crippen molar-refractivity contribution >= 4 is 29.9 Å². The van der Waals surface area contributed by atoms with Crippen molar-refractivity contribution < 1.29 is 42.9 Å². The minimum absolute atomic E-state index is 0.0656. The smallest absolute Gasteiger partial charge is 0.414 e. The van der Waals surface area contributed by atoms with E-state index in [1.54, 1.807) is 13.8 Å². The van der Waals surface area contributed by atoms with Crippen molar-refractivity contribution in [3.05, 3.63) is 55.9 Å². The van der Waals surface area contributed by atoms with E-state index in [0.29, 0.717) is 0 Å². The van der Waals surface area contributed by atoms with Crippen LogP contribution in [0.1, 0.15) is 45.8 Å². The van der Waals surface area contributed by atoms with Gasteiger partial charge >= 0.3 is 23.8 Å². The molecule has 1 aromatic heterocycles. The van der Waals surface area contributed by atoms with Gasteiger partial charge in [-0.1, -0.05) is 13.8 Å². The number of hydrogen-bond acceptors (Lipinski definition) is 12. The molecule has 1 unspecified atom stereocenters. The number of alkyl carbamates (subject to hydrolysis) is 2. The van der Waals surface area contributed by atoms with Crippen LogP contribution in [0, 0.1) is 13.1 Å². The molecule has 2 heterocycles. The van der Waals surface area contributed by atoms with Gasteiger partial charge in [0.25, 0.3) is 5.56 Å². The molecule has 1 aliphatic rings. The lowest BCUT2D eigenvalue weighted by molar-refractivity contribution is -0.164. The standard InChI is InChI=1S/C27H35N7O11/c1-6-17(35)8-9-19(37)44-21-20(41-5)22(34-13-10-18(36)31-24(34)38)45-27(21,7-2)16-30-23(32-25(39)42-14-11-28-3)33-26(40)43-15-12-29-4/h10,13,20-22H,6-9,11-12,14-16H2,1-2,5H3,(H,31,36,38)(H2,30,32,33,39,40)/t20-,21?,22+,27-/m0/s1.